The number of likely N-dealkylation sites (tertiary alicyclic amines) is 1. The van der Waals surface area contributed by atoms with E-state index in [0.717, 1.165) is 66.4 Å². The Hall–Kier alpha value is -2.08. The molecule has 0 spiro atoms. The Labute approximate surface area is 209 Å². The minimum absolute atomic E-state index is 0.0483. The van der Waals surface area contributed by atoms with Crippen molar-refractivity contribution in [3.05, 3.63) is 64.2 Å². The Morgan fingerprint density at radius 1 is 1.21 bits per heavy atom. The van der Waals surface area contributed by atoms with Crippen LogP contribution in [0.25, 0.3) is 0 Å². The molecule has 2 aromatic rings. The molecular weight excluding hydrogens is 448 g/mol. The first kappa shape index (κ1) is 26.5. The average molecular weight is 487 g/mol. The molecule has 1 fully saturated rings. The lowest BCUT2D eigenvalue weighted by atomic mass is 9.77. The van der Waals surface area contributed by atoms with E-state index in [2.05, 4.69) is 11.8 Å². The van der Waals surface area contributed by atoms with E-state index in [1.807, 2.05) is 56.3 Å². The number of nitrogens with zero attached hydrogens (tertiary/aromatic N) is 2. The third kappa shape index (κ3) is 7.21. The van der Waals surface area contributed by atoms with Crippen molar-refractivity contribution in [3.63, 3.8) is 0 Å². The molecule has 34 heavy (non-hydrogen) atoms. The van der Waals surface area contributed by atoms with Gasteiger partial charge in [-0.2, -0.15) is 0 Å². The largest absolute Gasteiger partial charge is 0.493 e. The molecule has 1 aliphatic rings. The van der Waals surface area contributed by atoms with Crippen molar-refractivity contribution in [2.75, 3.05) is 39.4 Å². The van der Waals surface area contributed by atoms with E-state index in [1.54, 1.807) is 4.90 Å². The van der Waals surface area contributed by atoms with Gasteiger partial charge >= 0.3 is 0 Å². The van der Waals surface area contributed by atoms with Crippen molar-refractivity contribution in [2.24, 2.45) is 5.41 Å². The van der Waals surface area contributed by atoms with E-state index in [0.29, 0.717) is 26.1 Å². The topological polar surface area (TPSA) is 53.0 Å². The zero-order valence-electron chi connectivity index (χ0n) is 20.9. The number of aliphatic hydroxyl groups excluding tert-OH is 1. The van der Waals surface area contributed by atoms with Gasteiger partial charge in [-0.3, -0.25) is 4.79 Å². The van der Waals surface area contributed by atoms with Gasteiger partial charge in [0, 0.05) is 36.5 Å². The number of carbonyl (C=O) groups is 1. The lowest BCUT2D eigenvalue weighted by Gasteiger charge is -2.43. The van der Waals surface area contributed by atoms with Crippen LogP contribution >= 0.6 is 11.6 Å². The Morgan fingerprint density at radius 2 is 1.91 bits per heavy atom. The van der Waals surface area contributed by atoms with E-state index in [-0.39, 0.29) is 17.9 Å². The maximum absolute atomic E-state index is 13.6. The second-order valence-electron chi connectivity index (χ2n) is 9.74. The summed E-state index contributed by atoms with van der Waals surface area (Å²) in [7, 11) is 0. The highest BCUT2D eigenvalue weighted by Gasteiger charge is 2.39. The van der Waals surface area contributed by atoms with Crippen molar-refractivity contribution in [1.82, 2.24) is 9.80 Å². The second kappa shape index (κ2) is 12.6. The predicted molar refractivity (Wildman–Crippen MR) is 138 cm³/mol. The molecular formula is C28H39ClN2O3. The minimum atomic E-state index is -0.268. The number of aliphatic hydroxyl groups is 1. The van der Waals surface area contributed by atoms with Gasteiger partial charge in [-0.25, -0.2) is 0 Å². The molecule has 2 aromatic carbocycles. The number of benzene rings is 2. The molecule has 1 aliphatic heterocycles. The fraction of sp³-hybridized carbons (Fsp3) is 0.536. The fourth-order valence-corrected chi connectivity index (χ4v) is 5.11. The molecule has 0 aromatic heterocycles. The summed E-state index contributed by atoms with van der Waals surface area (Å²) in [6.45, 7) is 10.4. The molecule has 1 heterocycles. The molecule has 0 radical (unpaired) electrons. The first-order valence-electron chi connectivity index (χ1n) is 12.4. The number of rotatable bonds is 11. The maximum Gasteiger partial charge on any atom is 0.223 e. The molecule has 0 bridgehead atoms. The van der Waals surface area contributed by atoms with Gasteiger partial charge in [0.05, 0.1) is 13.2 Å². The molecule has 1 unspecified atom stereocenters. The Bertz CT molecular complexity index is 911. The molecule has 3 rings (SSSR count). The summed E-state index contributed by atoms with van der Waals surface area (Å²) in [5.74, 6) is 0.874. The number of hydrogen-bond donors (Lipinski definition) is 1. The van der Waals surface area contributed by atoms with E-state index >= 15 is 0 Å². The van der Waals surface area contributed by atoms with Gasteiger partial charge in [-0.05, 0) is 75.0 Å². The van der Waals surface area contributed by atoms with Crippen molar-refractivity contribution >= 4 is 17.5 Å². The molecule has 1 N–H and O–H groups in total. The summed E-state index contributed by atoms with van der Waals surface area (Å²) in [5, 5.41) is 10.4. The minimum Gasteiger partial charge on any atom is -0.493 e. The van der Waals surface area contributed by atoms with Crippen LogP contribution in [0.15, 0.2) is 42.5 Å². The number of ether oxygens (including phenoxy) is 1. The lowest BCUT2D eigenvalue weighted by molar-refractivity contribution is -0.137. The lowest BCUT2D eigenvalue weighted by Crippen LogP contribution is -2.49. The predicted octanol–water partition coefficient (Wildman–Crippen LogP) is 5.24. The zero-order valence-corrected chi connectivity index (χ0v) is 21.6. The van der Waals surface area contributed by atoms with E-state index < -0.39 is 0 Å². The van der Waals surface area contributed by atoms with Crippen LogP contribution in [0.1, 0.15) is 49.3 Å². The van der Waals surface area contributed by atoms with Gasteiger partial charge in [0.25, 0.3) is 0 Å². The molecule has 0 saturated carbocycles. The van der Waals surface area contributed by atoms with Gasteiger partial charge in [-0.15, -0.1) is 0 Å². The van der Waals surface area contributed by atoms with Gasteiger partial charge in [0.1, 0.15) is 5.75 Å². The second-order valence-corrected chi connectivity index (χ2v) is 10.1. The summed E-state index contributed by atoms with van der Waals surface area (Å²) in [6.07, 6.45) is 3.49. The molecule has 0 aliphatic carbocycles. The molecule has 1 amide bonds. The Morgan fingerprint density at radius 3 is 2.56 bits per heavy atom. The van der Waals surface area contributed by atoms with E-state index in [1.165, 1.54) is 0 Å². The number of aryl methyl sites for hydroxylation is 2. The van der Waals surface area contributed by atoms with Crippen LogP contribution in [0.3, 0.4) is 0 Å². The smallest absolute Gasteiger partial charge is 0.223 e. The van der Waals surface area contributed by atoms with Gasteiger partial charge in [0.2, 0.25) is 5.91 Å². The summed E-state index contributed by atoms with van der Waals surface area (Å²) in [4.78, 5) is 17.8. The molecule has 1 atom stereocenters. The third-order valence-corrected chi connectivity index (χ3v) is 7.30. The fourth-order valence-electron chi connectivity index (χ4n) is 5.01. The van der Waals surface area contributed by atoms with Crippen LogP contribution in [0.5, 0.6) is 5.75 Å². The van der Waals surface area contributed by atoms with Crippen LogP contribution in [0.4, 0.5) is 0 Å². The Balaban J connectivity index is 1.79. The number of carbonyl (C=O) groups excluding carboxylic acids is 1. The number of hydrogen-bond acceptors (Lipinski definition) is 4. The molecule has 186 valence electrons. The molecule has 6 heteroatoms. The highest BCUT2D eigenvalue weighted by Crippen LogP contribution is 2.36. The number of amides is 1. The van der Waals surface area contributed by atoms with Crippen molar-refractivity contribution in [2.45, 2.75) is 53.0 Å². The normalized spacial score (nSPS) is 18.6. The van der Waals surface area contributed by atoms with Crippen molar-refractivity contribution in [1.29, 1.82) is 0 Å². The quantitative estimate of drug-likeness (QED) is 0.472. The third-order valence-electron chi connectivity index (χ3n) is 6.70. The summed E-state index contributed by atoms with van der Waals surface area (Å²) >= 11 is 6.35. The monoisotopic (exact) mass is 486 g/mol. The van der Waals surface area contributed by atoms with E-state index in [4.69, 9.17) is 16.3 Å². The average Bonchev–Trinajstić information content (AvgIpc) is 2.82. The van der Waals surface area contributed by atoms with Gasteiger partial charge in [-0.1, -0.05) is 48.9 Å². The summed E-state index contributed by atoms with van der Waals surface area (Å²) in [5.41, 5.74) is 2.79. The van der Waals surface area contributed by atoms with Crippen LogP contribution in [-0.4, -0.2) is 60.2 Å². The summed E-state index contributed by atoms with van der Waals surface area (Å²) in [6, 6.07) is 13.9. The zero-order chi connectivity index (χ0) is 24.6. The molecule has 5 nitrogen and oxygen atoms in total. The van der Waals surface area contributed by atoms with Gasteiger partial charge < -0.3 is 19.6 Å². The van der Waals surface area contributed by atoms with Crippen LogP contribution in [0, 0.1) is 19.3 Å². The highest BCUT2D eigenvalue weighted by atomic mass is 35.5. The van der Waals surface area contributed by atoms with E-state index in [9.17, 15) is 9.90 Å². The Kier molecular flexibility index (Phi) is 9.81. The number of halogens is 1. The first-order chi connectivity index (χ1) is 16.4. The van der Waals surface area contributed by atoms with Crippen molar-refractivity contribution in [3.8, 4) is 5.75 Å². The first-order valence-corrected chi connectivity index (χ1v) is 12.8. The standard InChI is InChI=1S/C28H39ClN2O3/c1-4-12-30-13-8-11-28(20-30,21-34-25-16-22(2)27(29)23(3)17-25)18-26(33)31(14-15-32)19-24-9-6-5-7-10-24/h5-7,9-10,16-17,32H,4,8,11-15,18-21H2,1-3H3. The highest BCUT2D eigenvalue weighted by molar-refractivity contribution is 6.32. The maximum atomic E-state index is 13.6. The summed E-state index contributed by atoms with van der Waals surface area (Å²) < 4.78 is 6.35. The van der Waals surface area contributed by atoms with Crippen LogP contribution < -0.4 is 4.74 Å². The number of piperidine rings is 1. The molecule has 1 saturated heterocycles. The SMILES string of the molecule is CCCN1CCCC(COc2cc(C)c(Cl)c(C)c2)(CC(=O)N(CCO)Cc2ccccc2)C1. The van der Waals surface area contributed by atoms with Crippen LogP contribution in [-0.2, 0) is 11.3 Å². The van der Waals surface area contributed by atoms with Gasteiger partial charge in [0.15, 0.2) is 0 Å². The van der Waals surface area contributed by atoms with Crippen molar-refractivity contribution < 1.29 is 14.6 Å². The van der Waals surface area contributed by atoms with Crippen LogP contribution in [0.2, 0.25) is 5.02 Å².